The zero-order valence-electron chi connectivity index (χ0n) is 17.8. The van der Waals surface area contributed by atoms with Gasteiger partial charge in [-0.25, -0.2) is 8.42 Å². The number of carbonyl (C=O) groups is 2. The zero-order chi connectivity index (χ0) is 24.1. The summed E-state index contributed by atoms with van der Waals surface area (Å²) < 4.78 is 26.0. The van der Waals surface area contributed by atoms with Gasteiger partial charge in [0.15, 0.2) is 0 Å². The molecule has 0 unspecified atom stereocenters. The van der Waals surface area contributed by atoms with Crippen LogP contribution in [0, 0.1) is 0 Å². The van der Waals surface area contributed by atoms with Crippen molar-refractivity contribution in [1.82, 2.24) is 10.2 Å². The Bertz CT molecular complexity index is 1100. The number of likely N-dealkylation sites (N-methyl/N-ethyl adjacent to an activating group) is 1. The number of anilines is 1. The van der Waals surface area contributed by atoms with Crippen LogP contribution in [0.15, 0.2) is 42.5 Å². The van der Waals surface area contributed by atoms with Crippen LogP contribution in [0.1, 0.15) is 18.9 Å². The van der Waals surface area contributed by atoms with Crippen LogP contribution in [-0.2, 0) is 26.2 Å². The van der Waals surface area contributed by atoms with E-state index < -0.39 is 28.5 Å². The molecule has 0 radical (unpaired) electrons. The van der Waals surface area contributed by atoms with Crippen LogP contribution < -0.4 is 9.62 Å². The molecule has 11 heteroatoms. The van der Waals surface area contributed by atoms with Crippen molar-refractivity contribution in [2.75, 3.05) is 24.2 Å². The van der Waals surface area contributed by atoms with E-state index >= 15 is 0 Å². The largest absolute Gasteiger partial charge is 0.357 e. The van der Waals surface area contributed by atoms with Gasteiger partial charge >= 0.3 is 0 Å². The van der Waals surface area contributed by atoms with Gasteiger partial charge in [-0.2, -0.15) is 0 Å². The van der Waals surface area contributed by atoms with Crippen molar-refractivity contribution >= 4 is 62.3 Å². The normalized spacial score (nSPS) is 12.2. The first-order valence-corrected chi connectivity index (χ1v) is 12.6. The van der Waals surface area contributed by atoms with E-state index in [-0.39, 0.29) is 28.2 Å². The highest BCUT2D eigenvalue weighted by Gasteiger charge is 2.32. The molecule has 0 aliphatic heterocycles. The van der Waals surface area contributed by atoms with Gasteiger partial charge in [0.2, 0.25) is 21.8 Å². The summed E-state index contributed by atoms with van der Waals surface area (Å²) >= 11 is 18.5. The minimum Gasteiger partial charge on any atom is -0.357 e. The Balaban J connectivity index is 2.49. The van der Waals surface area contributed by atoms with Crippen molar-refractivity contribution < 1.29 is 18.0 Å². The first kappa shape index (κ1) is 26.3. The van der Waals surface area contributed by atoms with Gasteiger partial charge in [-0.1, -0.05) is 59.9 Å². The van der Waals surface area contributed by atoms with Crippen molar-refractivity contribution in [3.63, 3.8) is 0 Å². The maximum Gasteiger partial charge on any atom is 0.244 e. The average molecular weight is 521 g/mol. The molecule has 2 aromatic carbocycles. The van der Waals surface area contributed by atoms with Gasteiger partial charge in [0.25, 0.3) is 0 Å². The number of carbonyl (C=O) groups excluding carboxylic acids is 2. The molecule has 1 atom stereocenters. The third kappa shape index (κ3) is 6.51. The predicted molar refractivity (Wildman–Crippen MR) is 129 cm³/mol. The van der Waals surface area contributed by atoms with Crippen LogP contribution in [0.4, 0.5) is 5.69 Å². The monoisotopic (exact) mass is 519 g/mol. The average Bonchev–Trinajstić information content (AvgIpc) is 2.73. The Kier molecular flexibility index (Phi) is 9.21. The Morgan fingerprint density at radius 3 is 2.28 bits per heavy atom. The minimum atomic E-state index is -3.91. The van der Waals surface area contributed by atoms with Crippen molar-refractivity contribution in [3.05, 3.63) is 63.1 Å². The van der Waals surface area contributed by atoms with Gasteiger partial charge in [-0.05, 0) is 36.2 Å². The molecular weight excluding hydrogens is 497 g/mol. The lowest BCUT2D eigenvalue weighted by Crippen LogP contribution is -2.51. The Morgan fingerprint density at radius 1 is 1.06 bits per heavy atom. The molecule has 2 aromatic rings. The molecule has 0 saturated carbocycles. The second-order valence-corrected chi connectivity index (χ2v) is 10.2. The Labute approximate surface area is 203 Å². The molecule has 0 aliphatic rings. The van der Waals surface area contributed by atoms with Crippen LogP contribution in [-0.4, -0.2) is 51.0 Å². The highest BCUT2D eigenvalue weighted by Crippen LogP contribution is 2.31. The summed E-state index contributed by atoms with van der Waals surface area (Å²) in [5.74, 6) is -0.971. The number of amides is 2. The first-order chi connectivity index (χ1) is 15.0. The van der Waals surface area contributed by atoms with Crippen molar-refractivity contribution in [3.8, 4) is 0 Å². The molecule has 0 aromatic heterocycles. The lowest BCUT2D eigenvalue weighted by atomic mass is 10.1. The molecule has 7 nitrogen and oxygen atoms in total. The molecule has 1 N–H and O–H groups in total. The molecule has 0 saturated heterocycles. The van der Waals surface area contributed by atoms with Gasteiger partial charge in [0.1, 0.15) is 12.6 Å². The number of nitrogens with one attached hydrogen (secondary N) is 1. The Morgan fingerprint density at radius 2 is 1.72 bits per heavy atom. The van der Waals surface area contributed by atoms with E-state index in [4.69, 9.17) is 34.8 Å². The molecule has 0 heterocycles. The summed E-state index contributed by atoms with van der Waals surface area (Å²) in [6, 6.07) is 10.4. The Hall–Kier alpha value is -2.00. The number of sulfonamides is 1. The molecule has 0 aliphatic carbocycles. The lowest BCUT2D eigenvalue weighted by Gasteiger charge is -2.33. The van der Waals surface area contributed by atoms with Gasteiger partial charge in [0, 0.05) is 23.6 Å². The SMILES string of the molecule is CC[C@@H](C(=O)NC)N(Cc1ccccc1Cl)C(=O)CN(c1cc(Cl)ccc1Cl)S(C)(=O)=O. The number of nitrogens with zero attached hydrogens (tertiary/aromatic N) is 2. The van der Waals surface area contributed by atoms with Gasteiger partial charge in [0.05, 0.1) is 17.0 Å². The van der Waals surface area contributed by atoms with Crippen molar-refractivity contribution in [2.45, 2.75) is 25.9 Å². The number of hydrogen-bond donors (Lipinski definition) is 1. The van der Waals surface area contributed by atoms with Crippen molar-refractivity contribution in [1.29, 1.82) is 0 Å². The number of hydrogen-bond acceptors (Lipinski definition) is 4. The summed E-state index contributed by atoms with van der Waals surface area (Å²) in [7, 11) is -2.44. The van der Waals surface area contributed by atoms with E-state index in [2.05, 4.69) is 5.32 Å². The maximum atomic E-state index is 13.4. The topological polar surface area (TPSA) is 86.8 Å². The molecule has 174 valence electrons. The summed E-state index contributed by atoms with van der Waals surface area (Å²) in [5.41, 5.74) is 0.692. The van der Waals surface area contributed by atoms with Crippen molar-refractivity contribution in [2.24, 2.45) is 0 Å². The van der Waals surface area contributed by atoms with Gasteiger partial charge in [-0.15, -0.1) is 0 Å². The highest BCUT2D eigenvalue weighted by atomic mass is 35.5. The summed E-state index contributed by atoms with van der Waals surface area (Å²) in [4.78, 5) is 27.3. The number of halogens is 3. The van der Waals surface area contributed by atoms with E-state index in [1.54, 1.807) is 31.2 Å². The van der Waals surface area contributed by atoms with E-state index in [1.165, 1.54) is 30.1 Å². The fourth-order valence-corrected chi connectivity index (χ4v) is 4.65. The third-order valence-electron chi connectivity index (χ3n) is 4.79. The molecular formula is C21H24Cl3N3O4S. The maximum absolute atomic E-state index is 13.4. The van der Waals surface area contributed by atoms with E-state index in [9.17, 15) is 18.0 Å². The first-order valence-electron chi connectivity index (χ1n) is 9.66. The summed E-state index contributed by atoms with van der Waals surface area (Å²) in [6.07, 6.45) is 1.28. The van der Waals surface area contributed by atoms with Crippen LogP contribution in [0.2, 0.25) is 15.1 Å². The van der Waals surface area contributed by atoms with E-state index in [0.717, 1.165) is 10.6 Å². The fourth-order valence-electron chi connectivity index (χ4n) is 3.17. The van der Waals surface area contributed by atoms with Crippen LogP contribution in [0.3, 0.4) is 0 Å². The predicted octanol–water partition coefficient (Wildman–Crippen LogP) is 3.97. The van der Waals surface area contributed by atoms with E-state index in [1.807, 2.05) is 0 Å². The molecule has 2 rings (SSSR count). The van der Waals surface area contributed by atoms with Crippen LogP contribution >= 0.6 is 34.8 Å². The smallest absolute Gasteiger partial charge is 0.244 e. The van der Waals surface area contributed by atoms with Gasteiger partial charge in [-0.3, -0.25) is 13.9 Å². The lowest BCUT2D eigenvalue weighted by molar-refractivity contribution is -0.140. The van der Waals surface area contributed by atoms with Crippen LogP contribution in [0.5, 0.6) is 0 Å². The highest BCUT2D eigenvalue weighted by molar-refractivity contribution is 7.92. The quantitative estimate of drug-likeness (QED) is 0.542. The minimum absolute atomic E-state index is 0.0192. The fraction of sp³-hybridized carbons (Fsp3) is 0.333. The standard InChI is InChI=1S/C21H24Cl3N3O4S/c1-4-18(21(29)25-2)26(12-14-7-5-6-8-16(14)23)20(28)13-27(32(3,30)31)19-11-15(22)9-10-17(19)24/h5-11,18H,4,12-13H2,1-3H3,(H,25,29)/t18-/m0/s1. The summed E-state index contributed by atoms with van der Waals surface area (Å²) in [6.45, 7) is 1.21. The number of rotatable bonds is 9. The summed E-state index contributed by atoms with van der Waals surface area (Å²) in [5, 5.41) is 3.35. The third-order valence-corrected chi connectivity index (χ3v) is 6.84. The molecule has 0 fully saturated rings. The molecule has 0 spiro atoms. The second kappa shape index (κ2) is 11.2. The second-order valence-electron chi connectivity index (χ2n) is 7.02. The molecule has 32 heavy (non-hydrogen) atoms. The van der Waals surface area contributed by atoms with Crippen LogP contribution in [0.25, 0.3) is 0 Å². The molecule has 2 amide bonds. The zero-order valence-corrected chi connectivity index (χ0v) is 20.9. The molecule has 0 bridgehead atoms. The van der Waals surface area contributed by atoms with E-state index in [0.29, 0.717) is 17.0 Å². The number of benzene rings is 2. The van der Waals surface area contributed by atoms with Gasteiger partial charge < -0.3 is 10.2 Å².